The predicted octanol–water partition coefficient (Wildman–Crippen LogP) is 4.49. The molecule has 7 nitrogen and oxygen atoms in total. The number of likely N-dealkylation sites (N-methyl/N-ethyl adjacent to an activating group) is 1. The summed E-state index contributed by atoms with van der Waals surface area (Å²) in [5.41, 5.74) is 0.684. The number of halogens is 3. The molecule has 11 heteroatoms. The Morgan fingerprint density at radius 2 is 1.64 bits per heavy atom. The van der Waals surface area contributed by atoms with Gasteiger partial charge in [0, 0.05) is 18.6 Å². The van der Waals surface area contributed by atoms with Crippen LogP contribution in [0, 0.1) is 5.82 Å². The zero-order chi connectivity index (χ0) is 26.5. The van der Waals surface area contributed by atoms with Crippen LogP contribution in [0.15, 0.2) is 77.7 Å². The van der Waals surface area contributed by atoms with E-state index < -0.39 is 40.2 Å². The minimum Gasteiger partial charge on any atom is -0.357 e. The molecule has 3 aromatic rings. The molecule has 0 spiro atoms. The molecule has 2 amide bonds. The van der Waals surface area contributed by atoms with E-state index in [1.54, 1.807) is 42.5 Å². The van der Waals surface area contributed by atoms with Gasteiger partial charge in [0.1, 0.15) is 18.4 Å². The molecular formula is C25H24Cl2FN3O4S. The SMILES string of the molecule is CNC(=O)C(C)N(Cc1ccc(Cl)cc1)C(=O)CN(c1ccc(F)c(Cl)c1)S(=O)(=O)c1ccccc1. The van der Waals surface area contributed by atoms with Crippen molar-refractivity contribution in [3.05, 3.63) is 94.2 Å². The van der Waals surface area contributed by atoms with Crippen molar-refractivity contribution in [2.75, 3.05) is 17.9 Å². The first-order valence-corrected chi connectivity index (χ1v) is 13.0. The van der Waals surface area contributed by atoms with Crippen LogP contribution in [0.5, 0.6) is 0 Å². The Labute approximate surface area is 219 Å². The zero-order valence-electron chi connectivity index (χ0n) is 19.5. The monoisotopic (exact) mass is 551 g/mol. The molecule has 1 atom stereocenters. The predicted molar refractivity (Wildman–Crippen MR) is 138 cm³/mol. The summed E-state index contributed by atoms with van der Waals surface area (Å²) in [5.74, 6) is -1.82. The number of rotatable bonds is 9. The van der Waals surface area contributed by atoms with E-state index in [-0.39, 0.29) is 22.2 Å². The lowest BCUT2D eigenvalue weighted by Gasteiger charge is -2.31. The normalized spacial score (nSPS) is 12.0. The van der Waals surface area contributed by atoms with E-state index >= 15 is 0 Å². The molecule has 3 rings (SSSR count). The number of carbonyl (C=O) groups excluding carboxylic acids is 2. The molecule has 0 bridgehead atoms. The Morgan fingerprint density at radius 3 is 2.22 bits per heavy atom. The molecule has 0 saturated carbocycles. The number of anilines is 1. The third kappa shape index (κ3) is 6.34. The molecule has 0 fully saturated rings. The number of amides is 2. The maximum absolute atomic E-state index is 13.8. The number of benzene rings is 3. The van der Waals surface area contributed by atoms with Gasteiger partial charge in [0.15, 0.2) is 0 Å². The van der Waals surface area contributed by atoms with Crippen LogP contribution in [0.4, 0.5) is 10.1 Å². The van der Waals surface area contributed by atoms with Crippen molar-refractivity contribution in [2.24, 2.45) is 0 Å². The van der Waals surface area contributed by atoms with Crippen LogP contribution in [0.1, 0.15) is 12.5 Å². The van der Waals surface area contributed by atoms with Crippen LogP contribution in [0.25, 0.3) is 0 Å². The van der Waals surface area contributed by atoms with Crippen LogP contribution in [-0.4, -0.2) is 44.8 Å². The van der Waals surface area contributed by atoms with E-state index in [1.165, 1.54) is 37.1 Å². The van der Waals surface area contributed by atoms with Gasteiger partial charge in [-0.2, -0.15) is 0 Å². The van der Waals surface area contributed by atoms with E-state index in [4.69, 9.17) is 23.2 Å². The summed E-state index contributed by atoms with van der Waals surface area (Å²) in [5, 5.41) is 2.71. The fraction of sp³-hybridized carbons (Fsp3) is 0.200. The molecule has 0 radical (unpaired) electrons. The highest BCUT2D eigenvalue weighted by atomic mass is 35.5. The third-order valence-electron chi connectivity index (χ3n) is 5.48. The zero-order valence-corrected chi connectivity index (χ0v) is 21.8. The third-order valence-corrected chi connectivity index (χ3v) is 7.81. The molecule has 0 aliphatic heterocycles. The highest BCUT2D eigenvalue weighted by Gasteiger charge is 2.32. The Morgan fingerprint density at radius 1 is 1.00 bits per heavy atom. The van der Waals surface area contributed by atoms with E-state index in [2.05, 4.69) is 5.32 Å². The van der Waals surface area contributed by atoms with Gasteiger partial charge in [-0.3, -0.25) is 13.9 Å². The van der Waals surface area contributed by atoms with Crippen molar-refractivity contribution >= 4 is 50.7 Å². The van der Waals surface area contributed by atoms with E-state index in [0.29, 0.717) is 10.6 Å². The first-order valence-electron chi connectivity index (χ1n) is 10.8. The van der Waals surface area contributed by atoms with Gasteiger partial charge >= 0.3 is 0 Å². The molecule has 1 unspecified atom stereocenters. The Balaban J connectivity index is 2.04. The van der Waals surface area contributed by atoms with Crippen molar-refractivity contribution in [2.45, 2.75) is 24.4 Å². The summed E-state index contributed by atoms with van der Waals surface area (Å²) < 4.78 is 41.8. The second-order valence-electron chi connectivity index (χ2n) is 7.86. The minimum absolute atomic E-state index is 0.00218. The van der Waals surface area contributed by atoms with Crippen LogP contribution in [0.2, 0.25) is 10.0 Å². The molecule has 3 aromatic carbocycles. The van der Waals surface area contributed by atoms with Gasteiger partial charge in [-0.25, -0.2) is 12.8 Å². The molecule has 0 aliphatic rings. The van der Waals surface area contributed by atoms with Gasteiger partial charge < -0.3 is 10.2 Å². The van der Waals surface area contributed by atoms with Gasteiger partial charge in [-0.05, 0) is 55.0 Å². The van der Waals surface area contributed by atoms with Gasteiger partial charge in [-0.1, -0.05) is 53.5 Å². The minimum atomic E-state index is -4.26. The van der Waals surface area contributed by atoms with E-state index in [1.807, 2.05) is 0 Å². The summed E-state index contributed by atoms with van der Waals surface area (Å²) in [7, 11) is -2.81. The van der Waals surface area contributed by atoms with E-state index in [9.17, 15) is 22.4 Å². The quantitative estimate of drug-likeness (QED) is 0.424. The molecule has 0 saturated heterocycles. The summed E-state index contributed by atoms with van der Waals surface area (Å²) >= 11 is 11.9. The topological polar surface area (TPSA) is 86.8 Å². The Hall–Kier alpha value is -3.14. The summed E-state index contributed by atoms with van der Waals surface area (Å²) in [4.78, 5) is 27.2. The van der Waals surface area contributed by atoms with Gasteiger partial charge in [0.2, 0.25) is 11.8 Å². The molecule has 0 aliphatic carbocycles. The van der Waals surface area contributed by atoms with Crippen molar-refractivity contribution in [1.82, 2.24) is 10.2 Å². The number of sulfonamides is 1. The summed E-state index contributed by atoms with van der Waals surface area (Å²) in [6.45, 7) is 0.902. The Bertz CT molecular complexity index is 1340. The lowest BCUT2D eigenvalue weighted by molar-refractivity contribution is -0.139. The maximum atomic E-state index is 13.8. The molecule has 0 aromatic heterocycles. The maximum Gasteiger partial charge on any atom is 0.264 e. The summed E-state index contributed by atoms with van der Waals surface area (Å²) in [6, 6.07) is 16.7. The molecule has 0 heterocycles. The highest BCUT2D eigenvalue weighted by molar-refractivity contribution is 7.92. The number of hydrogen-bond donors (Lipinski definition) is 1. The fourth-order valence-electron chi connectivity index (χ4n) is 3.47. The van der Waals surface area contributed by atoms with Gasteiger partial charge in [0.25, 0.3) is 10.0 Å². The average molecular weight is 552 g/mol. The number of carbonyl (C=O) groups is 2. The first kappa shape index (κ1) is 27.4. The molecular weight excluding hydrogens is 528 g/mol. The Kier molecular flexibility index (Phi) is 8.94. The van der Waals surface area contributed by atoms with Gasteiger partial charge in [-0.15, -0.1) is 0 Å². The molecule has 1 N–H and O–H groups in total. The smallest absolute Gasteiger partial charge is 0.264 e. The second-order valence-corrected chi connectivity index (χ2v) is 10.6. The molecule has 190 valence electrons. The first-order chi connectivity index (χ1) is 17.0. The average Bonchev–Trinajstić information content (AvgIpc) is 2.88. The number of nitrogens with one attached hydrogen (secondary N) is 1. The van der Waals surface area contributed by atoms with Crippen molar-refractivity contribution in [3.63, 3.8) is 0 Å². The fourth-order valence-corrected chi connectivity index (χ4v) is 5.19. The summed E-state index contributed by atoms with van der Waals surface area (Å²) in [6.07, 6.45) is 0. The van der Waals surface area contributed by atoms with Crippen molar-refractivity contribution in [1.29, 1.82) is 0 Å². The molecule has 36 heavy (non-hydrogen) atoms. The second kappa shape index (κ2) is 11.7. The number of nitrogens with zero attached hydrogens (tertiary/aromatic N) is 2. The van der Waals surface area contributed by atoms with Crippen LogP contribution < -0.4 is 9.62 Å². The lowest BCUT2D eigenvalue weighted by Crippen LogP contribution is -2.50. The standard InChI is InChI=1S/C25H24Cl2FN3O4S/c1-17(25(33)29-2)30(15-18-8-10-19(26)11-9-18)24(32)16-31(20-12-13-23(28)22(27)14-20)36(34,35)21-6-4-3-5-7-21/h3-14,17H,15-16H2,1-2H3,(H,29,33). The highest BCUT2D eigenvalue weighted by Crippen LogP contribution is 2.28. The van der Waals surface area contributed by atoms with Crippen LogP contribution in [-0.2, 0) is 26.2 Å². The van der Waals surface area contributed by atoms with Gasteiger partial charge in [0.05, 0.1) is 15.6 Å². The van der Waals surface area contributed by atoms with Crippen LogP contribution >= 0.6 is 23.2 Å². The van der Waals surface area contributed by atoms with E-state index in [0.717, 1.165) is 16.4 Å². The van der Waals surface area contributed by atoms with Crippen LogP contribution in [0.3, 0.4) is 0 Å². The van der Waals surface area contributed by atoms with Crippen molar-refractivity contribution in [3.8, 4) is 0 Å². The largest absolute Gasteiger partial charge is 0.357 e. The number of hydrogen-bond acceptors (Lipinski definition) is 4. The van der Waals surface area contributed by atoms with Crippen molar-refractivity contribution < 1.29 is 22.4 Å². The lowest BCUT2D eigenvalue weighted by atomic mass is 10.1.